The van der Waals surface area contributed by atoms with Crippen molar-refractivity contribution in [3.63, 3.8) is 0 Å². The molecule has 0 amide bonds. The lowest BCUT2D eigenvalue weighted by molar-refractivity contribution is 0.319. The maximum absolute atomic E-state index is 5.25. The van der Waals surface area contributed by atoms with Gasteiger partial charge in [-0.2, -0.15) is 16.7 Å². The Morgan fingerprint density at radius 3 is 3.00 bits per heavy atom. The smallest absolute Gasteiger partial charge is 0.229 e. The summed E-state index contributed by atoms with van der Waals surface area (Å²) < 4.78 is 5.25. The first-order valence-corrected chi connectivity index (χ1v) is 6.31. The summed E-state index contributed by atoms with van der Waals surface area (Å²) in [5, 5.41) is 7.28. The van der Waals surface area contributed by atoms with Gasteiger partial charge in [-0.25, -0.2) is 0 Å². The van der Waals surface area contributed by atoms with E-state index in [0.29, 0.717) is 5.92 Å². The summed E-state index contributed by atoms with van der Waals surface area (Å²) >= 11 is 1.72. The van der Waals surface area contributed by atoms with Crippen molar-refractivity contribution < 1.29 is 4.52 Å². The third-order valence-corrected chi connectivity index (χ3v) is 2.99. The van der Waals surface area contributed by atoms with Crippen LogP contribution in [-0.2, 0) is 5.75 Å². The molecule has 2 heterocycles. The van der Waals surface area contributed by atoms with Crippen molar-refractivity contribution in [2.75, 3.05) is 19.3 Å². The van der Waals surface area contributed by atoms with Gasteiger partial charge in [0.25, 0.3) is 0 Å². The van der Waals surface area contributed by atoms with Crippen LogP contribution in [0.4, 0.5) is 0 Å². The minimum absolute atomic E-state index is 0.472. The predicted octanol–water partition coefficient (Wildman–Crippen LogP) is 1.40. The van der Waals surface area contributed by atoms with Crippen LogP contribution in [-0.4, -0.2) is 29.5 Å². The van der Waals surface area contributed by atoms with Gasteiger partial charge in [-0.3, -0.25) is 0 Å². The summed E-state index contributed by atoms with van der Waals surface area (Å²) in [4.78, 5) is 4.40. The van der Waals surface area contributed by atoms with E-state index in [1.54, 1.807) is 11.8 Å². The summed E-state index contributed by atoms with van der Waals surface area (Å²) in [5.41, 5.74) is 0. The highest BCUT2D eigenvalue weighted by Gasteiger charge is 2.20. The minimum atomic E-state index is 0.472. The Hall–Kier alpha value is -0.550. The lowest BCUT2D eigenvalue weighted by Gasteiger charge is -2.18. The maximum atomic E-state index is 5.25. The van der Waals surface area contributed by atoms with Crippen LogP contribution in [0.25, 0.3) is 0 Å². The Morgan fingerprint density at radius 2 is 2.29 bits per heavy atom. The van der Waals surface area contributed by atoms with Crippen LogP contribution in [0.2, 0.25) is 0 Å². The molecular formula is C9H15N3OS. The van der Waals surface area contributed by atoms with Crippen LogP contribution in [0.5, 0.6) is 0 Å². The Kier molecular flexibility index (Phi) is 3.42. The van der Waals surface area contributed by atoms with Gasteiger partial charge in [0.05, 0.1) is 5.75 Å². The average Bonchev–Trinajstić information content (AvgIpc) is 2.68. The number of nitrogens with zero attached hydrogens (tertiary/aromatic N) is 2. The molecule has 14 heavy (non-hydrogen) atoms. The summed E-state index contributed by atoms with van der Waals surface area (Å²) in [7, 11) is 0. The Balaban J connectivity index is 2.00. The van der Waals surface area contributed by atoms with Gasteiger partial charge in [-0.15, -0.1) is 0 Å². The lowest BCUT2D eigenvalue weighted by atomic mass is 9.98. The highest BCUT2D eigenvalue weighted by Crippen LogP contribution is 2.23. The molecule has 0 spiro atoms. The summed E-state index contributed by atoms with van der Waals surface area (Å²) in [6.45, 7) is 2.12. The number of thioether (sulfide) groups is 1. The molecule has 0 unspecified atom stereocenters. The zero-order valence-electron chi connectivity index (χ0n) is 8.32. The van der Waals surface area contributed by atoms with Crippen molar-refractivity contribution in [1.82, 2.24) is 15.5 Å². The molecular weight excluding hydrogens is 198 g/mol. The van der Waals surface area contributed by atoms with Crippen molar-refractivity contribution in [1.29, 1.82) is 0 Å². The molecule has 0 saturated carbocycles. The van der Waals surface area contributed by atoms with Crippen LogP contribution in [0, 0.1) is 0 Å². The molecule has 78 valence electrons. The topological polar surface area (TPSA) is 51.0 Å². The number of rotatable bonds is 3. The Bertz CT molecular complexity index is 283. The van der Waals surface area contributed by atoms with Crippen molar-refractivity contribution in [2.24, 2.45) is 0 Å². The van der Waals surface area contributed by atoms with Gasteiger partial charge in [0, 0.05) is 5.92 Å². The van der Waals surface area contributed by atoms with Gasteiger partial charge in [0.1, 0.15) is 0 Å². The SMILES string of the molecule is CSCc1noc(C2CCNCC2)n1. The molecule has 1 fully saturated rings. The molecule has 0 aliphatic carbocycles. The number of hydrogen-bond donors (Lipinski definition) is 1. The van der Waals surface area contributed by atoms with Gasteiger partial charge in [0.15, 0.2) is 5.82 Å². The van der Waals surface area contributed by atoms with Gasteiger partial charge in [-0.1, -0.05) is 5.16 Å². The van der Waals surface area contributed by atoms with E-state index in [9.17, 15) is 0 Å². The molecule has 0 bridgehead atoms. The largest absolute Gasteiger partial charge is 0.339 e. The van der Waals surface area contributed by atoms with Crippen molar-refractivity contribution in [3.05, 3.63) is 11.7 Å². The second kappa shape index (κ2) is 4.79. The van der Waals surface area contributed by atoms with Crippen LogP contribution in [0.3, 0.4) is 0 Å². The van der Waals surface area contributed by atoms with Gasteiger partial charge < -0.3 is 9.84 Å². The van der Waals surface area contributed by atoms with Crippen molar-refractivity contribution >= 4 is 11.8 Å². The van der Waals surface area contributed by atoms with Crippen LogP contribution >= 0.6 is 11.8 Å². The molecule has 5 heteroatoms. The van der Waals surface area contributed by atoms with Gasteiger partial charge >= 0.3 is 0 Å². The maximum Gasteiger partial charge on any atom is 0.229 e. The van der Waals surface area contributed by atoms with Crippen LogP contribution in [0.1, 0.15) is 30.5 Å². The molecule has 1 saturated heterocycles. The quantitative estimate of drug-likeness (QED) is 0.822. The molecule has 0 radical (unpaired) electrons. The molecule has 2 rings (SSSR count). The van der Waals surface area contributed by atoms with Crippen molar-refractivity contribution in [2.45, 2.75) is 24.5 Å². The zero-order chi connectivity index (χ0) is 9.80. The van der Waals surface area contributed by atoms with Gasteiger partial charge in [-0.05, 0) is 32.2 Å². The third kappa shape index (κ3) is 2.27. The predicted molar refractivity (Wildman–Crippen MR) is 56.4 cm³/mol. The van der Waals surface area contributed by atoms with E-state index in [-0.39, 0.29) is 0 Å². The van der Waals surface area contributed by atoms with Gasteiger partial charge in [0.2, 0.25) is 5.89 Å². The fourth-order valence-electron chi connectivity index (χ4n) is 1.69. The number of hydrogen-bond acceptors (Lipinski definition) is 5. The standard InChI is InChI=1S/C9H15N3OS/c1-14-6-8-11-9(13-12-8)7-2-4-10-5-3-7/h7,10H,2-6H2,1H3. The summed E-state index contributed by atoms with van der Waals surface area (Å²) in [6, 6.07) is 0. The first-order chi connectivity index (χ1) is 6.90. The van der Waals surface area contributed by atoms with E-state index in [1.807, 2.05) is 6.26 Å². The van der Waals surface area contributed by atoms with E-state index in [1.165, 1.54) is 0 Å². The number of aromatic nitrogens is 2. The molecule has 4 nitrogen and oxygen atoms in total. The third-order valence-electron chi connectivity index (χ3n) is 2.45. The van der Waals surface area contributed by atoms with E-state index >= 15 is 0 Å². The fraction of sp³-hybridized carbons (Fsp3) is 0.778. The first-order valence-electron chi connectivity index (χ1n) is 4.92. The normalized spacial score (nSPS) is 18.6. The molecule has 1 aliphatic heterocycles. The second-order valence-corrected chi connectivity index (χ2v) is 4.37. The van der Waals surface area contributed by atoms with E-state index in [0.717, 1.165) is 43.4 Å². The summed E-state index contributed by atoms with van der Waals surface area (Å²) in [5.74, 6) is 2.97. The zero-order valence-corrected chi connectivity index (χ0v) is 9.14. The Labute approximate surface area is 87.8 Å². The Morgan fingerprint density at radius 1 is 1.50 bits per heavy atom. The molecule has 1 aromatic rings. The van der Waals surface area contributed by atoms with Crippen LogP contribution in [0.15, 0.2) is 4.52 Å². The van der Waals surface area contributed by atoms with E-state index in [4.69, 9.17) is 4.52 Å². The van der Waals surface area contributed by atoms with Crippen molar-refractivity contribution in [3.8, 4) is 0 Å². The molecule has 0 aromatic carbocycles. The number of piperidine rings is 1. The summed E-state index contributed by atoms with van der Waals surface area (Å²) in [6.07, 6.45) is 4.27. The highest BCUT2D eigenvalue weighted by atomic mass is 32.2. The average molecular weight is 213 g/mol. The molecule has 1 aromatic heterocycles. The monoisotopic (exact) mass is 213 g/mol. The molecule has 1 N–H and O–H groups in total. The van der Waals surface area contributed by atoms with Crippen LogP contribution < -0.4 is 5.32 Å². The van der Waals surface area contributed by atoms with E-state index in [2.05, 4.69) is 15.5 Å². The molecule has 1 aliphatic rings. The highest BCUT2D eigenvalue weighted by molar-refractivity contribution is 7.97. The lowest BCUT2D eigenvalue weighted by Crippen LogP contribution is -2.26. The number of nitrogens with one attached hydrogen (secondary N) is 1. The minimum Gasteiger partial charge on any atom is -0.339 e. The van der Waals surface area contributed by atoms with E-state index < -0.39 is 0 Å². The fourth-order valence-corrected chi connectivity index (χ4v) is 2.07. The first kappa shape index (κ1) is 9.98. The molecule has 0 atom stereocenters. The second-order valence-electron chi connectivity index (χ2n) is 3.51.